The van der Waals surface area contributed by atoms with Crippen LogP contribution in [0.5, 0.6) is 0 Å². The van der Waals surface area contributed by atoms with Crippen molar-refractivity contribution in [3.63, 3.8) is 0 Å². The van der Waals surface area contributed by atoms with Crippen LogP contribution in [-0.4, -0.2) is 23.9 Å². The first-order valence-electron chi connectivity index (χ1n) is 11.2. The summed E-state index contributed by atoms with van der Waals surface area (Å²) in [4.78, 5) is 14.9. The predicted octanol–water partition coefficient (Wildman–Crippen LogP) is 5.38. The molecule has 5 rings (SSSR count). The monoisotopic (exact) mass is 428 g/mol. The van der Waals surface area contributed by atoms with Gasteiger partial charge in [-0.05, 0) is 91.2 Å². The van der Waals surface area contributed by atoms with Gasteiger partial charge in [0.1, 0.15) is 5.82 Å². The number of nitrogens with one attached hydrogen (secondary N) is 1. The molecule has 31 heavy (non-hydrogen) atoms. The minimum absolute atomic E-state index is 0.0505. The summed E-state index contributed by atoms with van der Waals surface area (Å²) in [7, 11) is 0. The van der Waals surface area contributed by atoms with Gasteiger partial charge in [-0.2, -0.15) is 13.2 Å². The number of carbonyl (C=O) groups is 1. The molecular formula is C25H27F3N2O. The quantitative estimate of drug-likeness (QED) is 0.651. The molecule has 0 atom stereocenters. The number of piperidine rings is 1. The van der Waals surface area contributed by atoms with Crippen molar-refractivity contribution in [1.82, 2.24) is 10.2 Å². The normalized spacial score (nSPS) is 23.3. The van der Waals surface area contributed by atoms with E-state index in [-0.39, 0.29) is 5.91 Å². The van der Waals surface area contributed by atoms with Crippen LogP contribution < -0.4 is 5.32 Å². The fraction of sp³-hybridized carbons (Fsp3) is 0.480. The highest BCUT2D eigenvalue weighted by atomic mass is 19.4. The number of hydrogen-bond acceptors (Lipinski definition) is 2. The van der Waals surface area contributed by atoms with Gasteiger partial charge in [-0.15, -0.1) is 0 Å². The van der Waals surface area contributed by atoms with Gasteiger partial charge in [0.05, 0.1) is 5.56 Å². The van der Waals surface area contributed by atoms with Gasteiger partial charge in [-0.1, -0.05) is 18.7 Å². The van der Waals surface area contributed by atoms with Gasteiger partial charge < -0.3 is 10.2 Å². The first kappa shape index (κ1) is 20.4. The topological polar surface area (TPSA) is 32.3 Å². The number of amides is 1. The predicted molar refractivity (Wildman–Crippen MR) is 113 cm³/mol. The Kier molecular flexibility index (Phi) is 4.79. The molecule has 2 aliphatic carbocycles. The van der Waals surface area contributed by atoms with Gasteiger partial charge in [0.2, 0.25) is 0 Å². The summed E-state index contributed by atoms with van der Waals surface area (Å²) in [5.74, 6) is 0.687. The van der Waals surface area contributed by atoms with Crippen molar-refractivity contribution >= 4 is 5.91 Å². The van der Waals surface area contributed by atoms with Crippen molar-refractivity contribution in [2.45, 2.75) is 63.0 Å². The lowest BCUT2D eigenvalue weighted by atomic mass is 9.72. The molecule has 6 heteroatoms. The maximum absolute atomic E-state index is 13.7. The molecule has 0 aromatic heterocycles. The molecule has 1 saturated heterocycles. The molecule has 0 bridgehead atoms. The zero-order chi connectivity index (χ0) is 21.8. The van der Waals surface area contributed by atoms with Crippen LogP contribution in [0.15, 0.2) is 53.4 Å². The summed E-state index contributed by atoms with van der Waals surface area (Å²) in [6, 6.07) is 4.61. The highest BCUT2D eigenvalue weighted by Crippen LogP contribution is 2.51. The minimum atomic E-state index is -4.33. The van der Waals surface area contributed by atoms with E-state index < -0.39 is 17.2 Å². The molecule has 2 heterocycles. The van der Waals surface area contributed by atoms with E-state index in [0.29, 0.717) is 37.9 Å². The lowest BCUT2D eigenvalue weighted by molar-refractivity contribution is -0.139. The smallest absolute Gasteiger partial charge is 0.358 e. The number of aryl methyl sites for hydroxylation is 1. The Balaban J connectivity index is 1.38. The van der Waals surface area contributed by atoms with Gasteiger partial charge in [0, 0.05) is 18.7 Å². The van der Waals surface area contributed by atoms with Gasteiger partial charge in [0.15, 0.2) is 0 Å². The van der Waals surface area contributed by atoms with Crippen molar-refractivity contribution in [2.75, 3.05) is 13.1 Å². The summed E-state index contributed by atoms with van der Waals surface area (Å²) in [5.41, 5.74) is 3.25. The van der Waals surface area contributed by atoms with Crippen LogP contribution in [0.4, 0.5) is 13.2 Å². The van der Waals surface area contributed by atoms with Crippen LogP contribution in [0.25, 0.3) is 0 Å². The number of fused-ring (bicyclic) bond motifs is 2. The average molecular weight is 428 g/mol. The Bertz CT molecular complexity index is 1010. The lowest BCUT2D eigenvalue weighted by Gasteiger charge is -2.42. The summed E-state index contributed by atoms with van der Waals surface area (Å²) >= 11 is 0. The van der Waals surface area contributed by atoms with Crippen LogP contribution >= 0.6 is 0 Å². The van der Waals surface area contributed by atoms with E-state index in [4.69, 9.17) is 0 Å². The first-order chi connectivity index (χ1) is 14.8. The fourth-order valence-corrected chi connectivity index (χ4v) is 6.01. The van der Waals surface area contributed by atoms with Crippen LogP contribution in [0, 0.1) is 0 Å². The second kappa shape index (κ2) is 7.28. The molecule has 164 valence electrons. The summed E-state index contributed by atoms with van der Waals surface area (Å²) in [6.45, 7) is 5.44. The number of likely N-dealkylation sites (tertiary alicyclic amines) is 1. The van der Waals surface area contributed by atoms with E-state index >= 15 is 0 Å². The number of rotatable bonds is 1. The Morgan fingerprint density at radius 2 is 1.71 bits per heavy atom. The number of hydrogen-bond donors (Lipinski definition) is 1. The largest absolute Gasteiger partial charge is 0.416 e. The van der Waals surface area contributed by atoms with E-state index in [1.54, 1.807) is 0 Å². The molecule has 1 aromatic carbocycles. The van der Waals surface area contributed by atoms with E-state index in [0.717, 1.165) is 60.2 Å². The average Bonchev–Trinajstić information content (AvgIpc) is 3.05. The number of carbonyl (C=O) groups excluding carboxylic acids is 1. The Morgan fingerprint density at radius 1 is 1.00 bits per heavy atom. The fourth-order valence-electron chi connectivity index (χ4n) is 6.01. The minimum Gasteiger partial charge on any atom is -0.358 e. The van der Waals surface area contributed by atoms with Crippen molar-refractivity contribution in [3.8, 4) is 0 Å². The zero-order valence-electron chi connectivity index (χ0n) is 17.6. The molecule has 2 aliphatic heterocycles. The molecule has 1 aromatic rings. The van der Waals surface area contributed by atoms with E-state index in [2.05, 4.69) is 16.8 Å². The van der Waals surface area contributed by atoms with Crippen LogP contribution in [0.3, 0.4) is 0 Å². The third-order valence-corrected chi connectivity index (χ3v) is 7.60. The van der Waals surface area contributed by atoms with Crippen LogP contribution in [0.2, 0.25) is 0 Å². The molecule has 3 nitrogen and oxygen atoms in total. The highest BCUT2D eigenvalue weighted by molar-refractivity contribution is 5.97. The van der Waals surface area contributed by atoms with E-state index in [1.807, 2.05) is 12.1 Å². The van der Waals surface area contributed by atoms with Gasteiger partial charge in [0.25, 0.3) is 5.91 Å². The third-order valence-electron chi connectivity index (χ3n) is 7.60. The molecule has 4 aliphatic rings. The highest BCUT2D eigenvalue weighted by Gasteiger charge is 2.47. The Hall–Kier alpha value is -2.50. The number of alkyl halides is 3. The number of halogens is 3. The van der Waals surface area contributed by atoms with Crippen LogP contribution in [0.1, 0.15) is 61.6 Å². The molecule has 0 radical (unpaired) electrons. The number of allylic oxidation sites excluding steroid dienone is 3. The number of nitrogens with zero attached hydrogens (tertiary/aromatic N) is 1. The zero-order valence-corrected chi connectivity index (χ0v) is 17.6. The SMILES string of the molecule is C=C1C=C(N2CCC3(CCc4cccc(C(F)(F)F)c43)CC2)NC(=O)C2=C1CCCC2. The van der Waals surface area contributed by atoms with E-state index in [9.17, 15) is 18.0 Å². The van der Waals surface area contributed by atoms with E-state index in [1.165, 1.54) is 12.1 Å². The van der Waals surface area contributed by atoms with Crippen molar-refractivity contribution in [2.24, 2.45) is 0 Å². The van der Waals surface area contributed by atoms with Gasteiger partial charge in [-0.25, -0.2) is 0 Å². The third kappa shape index (κ3) is 3.40. The van der Waals surface area contributed by atoms with Crippen molar-refractivity contribution < 1.29 is 18.0 Å². The van der Waals surface area contributed by atoms with Crippen molar-refractivity contribution in [1.29, 1.82) is 0 Å². The standard InChI is InChI=1S/C25H27F3N2O/c1-16-15-21(29-23(31)19-7-3-2-6-18(16)19)30-13-11-24(12-14-30)10-9-17-5-4-8-20(22(17)24)25(26,27)28/h4-5,8,15H,1-3,6-7,9-14H2,(H,29,31). The summed E-state index contributed by atoms with van der Waals surface area (Å²) in [5, 5.41) is 3.06. The Labute approximate surface area is 180 Å². The number of benzene rings is 1. The molecular weight excluding hydrogens is 401 g/mol. The summed E-state index contributed by atoms with van der Waals surface area (Å²) < 4.78 is 41.2. The van der Waals surface area contributed by atoms with Gasteiger partial charge in [-0.3, -0.25) is 4.79 Å². The van der Waals surface area contributed by atoms with Gasteiger partial charge >= 0.3 is 6.18 Å². The maximum atomic E-state index is 13.7. The molecule has 1 spiro atoms. The molecule has 0 saturated carbocycles. The second-order valence-electron chi connectivity index (χ2n) is 9.28. The Morgan fingerprint density at radius 3 is 2.42 bits per heavy atom. The van der Waals surface area contributed by atoms with Crippen molar-refractivity contribution in [3.05, 3.63) is 70.1 Å². The first-order valence-corrected chi connectivity index (χ1v) is 11.2. The maximum Gasteiger partial charge on any atom is 0.416 e. The lowest BCUT2D eigenvalue weighted by Crippen LogP contribution is -2.45. The molecule has 1 N–H and O–H groups in total. The second-order valence-corrected chi connectivity index (χ2v) is 9.28. The molecule has 1 fully saturated rings. The molecule has 1 amide bonds. The summed E-state index contributed by atoms with van der Waals surface area (Å²) in [6.07, 6.45) is 4.13. The van der Waals surface area contributed by atoms with Crippen LogP contribution in [-0.2, 0) is 22.8 Å². The molecule has 0 unspecified atom stereocenters.